The van der Waals surface area contributed by atoms with Crippen LogP contribution in [-0.2, 0) is 17.6 Å². The Morgan fingerprint density at radius 2 is 2.47 bits per heavy atom. The number of aryl methyl sites for hydroxylation is 2. The number of aromatic amines is 1. The molecule has 1 aromatic rings. The fourth-order valence-corrected chi connectivity index (χ4v) is 2.18. The zero-order valence-electron chi connectivity index (χ0n) is 9.26. The first-order valence-corrected chi connectivity index (χ1v) is 5.52. The average molecular weight is 207 g/mol. The number of hydrogen-bond acceptors (Lipinski definition) is 2. The molecule has 2 N–H and O–H groups in total. The molecule has 4 nitrogen and oxygen atoms in total. The summed E-state index contributed by atoms with van der Waals surface area (Å²) in [5.74, 6) is 0.317. The molecule has 15 heavy (non-hydrogen) atoms. The highest BCUT2D eigenvalue weighted by molar-refractivity contribution is 5.79. The lowest BCUT2D eigenvalue weighted by atomic mass is 9.86. The zero-order valence-corrected chi connectivity index (χ0v) is 9.26. The molecule has 4 heteroatoms. The third kappa shape index (κ3) is 1.89. The Labute approximate surface area is 89.5 Å². The maximum Gasteiger partial charge on any atom is 0.223 e. The van der Waals surface area contributed by atoms with E-state index >= 15 is 0 Å². The predicted octanol–water partition coefficient (Wildman–Crippen LogP) is 0.959. The first kappa shape index (κ1) is 10.2. The molecule has 1 amide bonds. The van der Waals surface area contributed by atoms with Gasteiger partial charge in [-0.05, 0) is 38.7 Å². The maximum absolute atomic E-state index is 11.7. The van der Waals surface area contributed by atoms with Gasteiger partial charge in [0.15, 0.2) is 0 Å². The van der Waals surface area contributed by atoms with E-state index in [1.807, 2.05) is 13.8 Å². The molecular weight excluding hydrogens is 190 g/mol. The summed E-state index contributed by atoms with van der Waals surface area (Å²) < 4.78 is 0. The molecular formula is C11H17N3O. The summed E-state index contributed by atoms with van der Waals surface area (Å²) in [6.45, 7) is 4.69. The lowest BCUT2D eigenvalue weighted by Crippen LogP contribution is -2.33. The standard InChI is InChI=1S/C11H17N3O/c1-3-12-11(15)8-4-5-10-9(6-8)7(2)13-14-10/h8H,3-6H2,1-2H3,(H,12,15)(H,13,14). The van der Waals surface area contributed by atoms with E-state index in [4.69, 9.17) is 0 Å². The van der Waals surface area contributed by atoms with Gasteiger partial charge in [-0.3, -0.25) is 9.89 Å². The topological polar surface area (TPSA) is 57.8 Å². The van der Waals surface area contributed by atoms with E-state index in [1.165, 1.54) is 5.56 Å². The van der Waals surface area contributed by atoms with Gasteiger partial charge in [0, 0.05) is 18.2 Å². The number of nitrogens with zero attached hydrogens (tertiary/aromatic N) is 1. The van der Waals surface area contributed by atoms with Crippen molar-refractivity contribution < 1.29 is 4.79 Å². The predicted molar refractivity (Wildman–Crippen MR) is 57.5 cm³/mol. The summed E-state index contributed by atoms with van der Waals surface area (Å²) in [4.78, 5) is 11.7. The van der Waals surface area contributed by atoms with Crippen molar-refractivity contribution in [3.05, 3.63) is 17.0 Å². The van der Waals surface area contributed by atoms with Crippen LogP contribution in [0.25, 0.3) is 0 Å². The van der Waals surface area contributed by atoms with Crippen LogP contribution in [0.4, 0.5) is 0 Å². The molecule has 1 aliphatic rings. The van der Waals surface area contributed by atoms with Crippen molar-refractivity contribution in [2.75, 3.05) is 6.54 Å². The molecule has 0 saturated heterocycles. The molecule has 1 unspecified atom stereocenters. The molecule has 0 bridgehead atoms. The van der Waals surface area contributed by atoms with Crippen LogP contribution in [0.2, 0.25) is 0 Å². The summed E-state index contributed by atoms with van der Waals surface area (Å²) >= 11 is 0. The molecule has 82 valence electrons. The van der Waals surface area contributed by atoms with E-state index in [-0.39, 0.29) is 11.8 Å². The van der Waals surface area contributed by atoms with E-state index in [1.54, 1.807) is 0 Å². The third-order valence-electron chi connectivity index (χ3n) is 3.06. The van der Waals surface area contributed by atoms with Crippen LogP contribution < -0.4 is 5.32 Å². The highest BCUT2D eigenvalue weighted by Crippen LogP contribution is 2.26. The van der Waals surface area contributed by atoms with Gasteiger partial charge >= 0.3 is 0 Å². The average Bonchev–Trinajstić information content (AvgIpc) is 2.60. The number of hydrogen-bond donors (Lipinski definition) is 2. The molecule has 0 aromatic carbocycles. The van der Waals surface area contributed by atoms with Crippen LogP contribution in [0, 0.1) is 12.8 Å². The molecule has 0 radical (unpaired) electrons. The molecule has 0 aliphatic heterocycles. The maximum atomic E-state index is 11.7. The Balaban J connectivity index is 2.11. The number of H-pyrrole nitrogens is 1. The second-order valence-electron chi connectivity index (χ2n) is 4.11. The molecule has 1 heterocycles. The van der Waals surface area contributed by atoms with Crippen LogP contribution in [-0.4, -0.2) is 22.6 Å². The summed E-state index contributed by atoms with van der Waals surface area (Å²) in [6, 6.07) is 0. The van der Waals surface area contributed by atoms with Gasteiger partial charge in [-0.15, -0.1) is 0 Å². The lowest BCUT2D eigenvalue weighted by molar-refractivity contribution is -0.125. The van der Waals surface area contributed by atoms with Crippen LogP contribution in [0.15, 0.2) is 0 Å². The number of fused-ring (bicyclic) bond motifs is 1. The Hall–Kier alpha value is -1.32. The van der Waals surface area contributed by atoms with E-state index < -0.39 is 0 Å². The number of nitrogens with one attached hydrogen (secondary N) is 2. The van der Waals surface area contributed by atoms with Crippen molar-refractivity contribution in [1.82, 2.24) is 15.5 Å². The smallest absolute Gasteiger partial charge is 0.223 e. The van der Waals surface area contributed by atoms with Crippen molar-refractivity contribution in [1.29, 1.82) is 0 Å². The minimum absolute atomic E-state index is 0.133. The number of aromatic nitrogens is 2. The van der Waals surface area contributed by atoms with Crippen molar-refractivity contribution in [3.8, 4) is 0 Å². The van der Waals surface area contributed by atoms with Gasteiger partial charge in [0.25, 0.3) is 0 Å². The molecule has 1 aromatic heterocycles. The minimum atomic E-state index is 0.133. The largest absolute Gasteiger partial charge is 0.356 e. The Kier molecular flexibility index (Phi) is 2.75. The van der Waals surface area contributed by atoms with Crippen LogP contribution in [0.1, 0.15) is 30.3 Å². The van der Waals surface area contributed by atoms with Gasteiger partial charge in [0.1, 0.15) is 0 Å². The number of rotatable bonds is 2. The first-order valence-electron chi connectivity index (χ1n) is 5.52. The summed E-state index contributed by atoms with van der Waals surface area (Å²) in [7, 11) is 0. The Bertz CT molecular complexity index is 370. The summed E-state index contributed by atoms with van der Waals surface area (Å²) in [5, 5.41) is 10.1. The Morgan fingerprint density at radius 1 is 1.67 bits per heavy atom. The monoisotopic (exact) mass is 207 g/mol. The van der Waals surface area contributed by atoms with Crippen molar-refractivity contribution in [2.24, 2.45) is 5.92 Å². The number of carbonyl (C=O) groups excluding carboxylic acids is 1. The minimum Gasteiger partial charge on any atom is -0.356 e. The van der Waals surface area contributed by atoms with Gasteiger partial charge < -0.3 is 5.32 Å². The highest BCUT2D eigenvalue weighted by atomic mass is 16.1. The lowest BCUT2D eigenvalue weighted by Gasteiger charge is -2.20. The molecule has 0 saturated carbocycles. The molecule has 1 atom stereocenters. The van der Waals surface area contributed by atoms with Crippen LogP contribution in [0.5, 0.6) is 0 Å². The molecule has 0 fully saturated rings. The van der Waals surface area contributed by atoms with Gasteiger partial charge in [0.05, 0.1) is 5.69 Å². The molecule has 2 rings (SSSR count). The second kappa shape index (κ2) is 4.04. The van der Waals surface area contributed by atoms with E-state index in [0.29, 0.717) is 6.54 Å². The van der Waals surface area contributed by atoms with Crippen LogP contribution in [0.3, 0.4) is 0 Å². The van der Waals surface area contributed by atoms with Gasteiger partial charge in [-0.2, -0.15) is 5.10 Å². The normalized spacial score (nSPS) is 19.7. The van der Waals surface area contributed by atoms with Gasteiger partial charge in [0.2, 0.25) is 5.91 Å². The van der Waals surface area contributed by atoms with Crippen LogP contribution >= 0.6 is 0 Å². The van der Waals surface area contributed by atoms with Crippen molar-refractivity contribution in [3.63, 3.8) is 0 Å². The third-order valence-corrected chi connectivity index (χ3v) is 3.06. The number of amides is 1. The van der Waals surface area contributed by atoms with E-state index in [2.05, 4.69) is 15.5 Å². The quantitative estimate of drug-likeness (QED) is 0.759. The summed E-state index contributed by atoms with van der Waals surface area (Å²) in [6.07, 6.45) is 2.67. The van der Waals surface area contributed by atoms with E-state index in [9.17, 15) is 4.79 Å². The van der Waals surface area contributed by atoms with Gasteiger partial charge in [-0.25, -0.2) is 0 Å². The first-order chi connectivity index (χ1) is 7.22. The Morgan fingerprint density at radius 3 is 3.20 bits per heavy atom. The fraction of sp³-hybridized carbons (Fsp3) is 0.636. The second-order valence-corrected chi connectivity index (χ2v) is 4.11. The van der Waals surface area contributed by atoms with Gasteiger partial charge in [-0.1, -0.05) is 0 Å². The SMILES string of the molecule is CCNC(=O)C1CCc2n[nH]c(C)c2C1. The highest BCUT2D eigenvalue weighted by Gasteiger charge is 2.26. The van der Waals surface area contributed by atoms with Crippen molar-refractivity contribution in [2.45, 2.75) is 33.1 Å². The molecule has 0 spiro atoms. The van der Waals surface area contributed by atoms with E-state index in [0.717, 1.165) is 30.7 Å². The fourth-order valence-electron chi connectivity index (χ4n) is 2.18. The zero-order chi connectivity index (χ0) is 10.8. The number of carbonyl (C=O) groups is 1. The summed E-state index contributed by atoms with van der Waals surface area (Å²) in [5.41, 5.74) is 3.50. The molecule has 1 aliphatic carbocycles. The van der Waals surface area contributed by atoms with Crippen molar-refractivity contribution >= 4 is 5.91 Å².